The second kappa shape index (κ2) is 11.6. The number of nitrogens with zero attached hydrogens (tertiary/aromatic N) is 1. The van der Waals surface area contributed by atoms with Crippen molar-refractivity contribution in [2.45, 2.75) is 56.8 Å². The van der Waals surface area contributed by atoms with E-state index < -0.39 is 60.2 Å². The molecular formula is C17H29N5O6S. The number of nitrogens with two attached hydrogens (primary N) is 2. The van der Waals surface area contributed by atoms with Gasteiger partial charge in [-0.2, -0.15) is 11.8 Å². The van der Waals surface area contributed by atoms with Crippen LogP contribution in [0, 0.1) is 0 Å². The van der Waals surface area contributed by atoms with E-state index in [-0.39, 0.29) is 6.54 Å². The lowest BCUT2D eigenvalue weighted by molar-refractivity contribution is -0.149. The molecule has 0 spiro atoms. The van der Waals surface area contributed by atoms with Crippen molar-refractivity contribution < 1.29 is 29.1 Å². The Morgan fingerprint density at radius 1 is 1.21 bits per heavy atom. The summed E-state index contributed by atoms with van der Waals surface area (Å²) in [7, 11) is 0. The average Bonchev–Trinajstić information content (AvgIpc) is 3.14. The van der Waals surface area contributed by atoms with Gasteiger partial charge in [0.2, 0.25) is 23.6 Å². The predicted molar refractivity (Wildman–Crippen MR) is 107 cm³/mol. The van der Waals surface area contributed by atoms with Gasteiger partial charge >= 0.3 is 5.97 Å². The lowest BCUT2D eigenvalue weighted by Gasteiger charge is -2.27. The first-order chi connectivity index (χ1) is 13.6. The number of aliphatic carboxylic acids is 1. The van der Waals surface area contributed by atoms with Crippen molar-refractivity contribution in [3.8, 4) is 0 Å². The van der Waals surface area contributed by atoms with Crippen LogP contribution in [0.3, 0.4) is 0 Å². The number of rotatable bonds is 11. The van der Waals surface area contributed by atoms with Gasteiger partial charge in [0.1, 0.15) is 18.1 Å². The summed E-state index contributed by atoms with van der Waals surface area (Å²) in [5, 5.41) is 14.1. The van der Waals surface area contributed by atoms with Gasteiger partial charge < -0.3 is 32.1 Å². The fourth-order valence-corrected chi connectivity index (χ4v) is 3.44. The van der Waals surface area contributed by atoms with Crippen LogP contribution < -0.4 is 22.1 Å². The van der Waals surface area contributed by atoms with Crippen LogP contribution >= 0.6 is 11.8 Å². The number of carboxylic acid groups (broad SMARTS) is 1. The van der Waals surface area contributed by atoms with Crippen LogP contribution in [0.1, 0.15) is 32.6 Å². The van der Waals surface area contributed by atoms with Crippen molar-refractivity contribution in [1.29, 1.82) is 0 Å². The smallest absolute Gasteiger partial charge is 0.326 e. The van der Waals surface area contributed by atoms with Gasteiger partial charge in [-0.1, -0.05) is 0 Å². The molecular weight excluding hydrogens is 402 g/mol. The summed E-state index contributed by atoms with van der Waals surface area (Å²) in [6, 6.07) is -4.12. The van der Waals surface area contributed by atoms with Crippen molar-refractivity contribution in [2.24, 2.45) is 11.5 Å². The van der Waals surface area contributed by atoms with Crippen LogP contribution in [0.5, 0.6) is 0 Å². The third kappa shape index (κ3) is 7.54. The highest BCUT2D eigenvalue weighted by atomic mass is 32.2. The highest BCUT2D eigenvalue weighted by molar-refractivity contribution is 7.98. The van der Waals surface area contributed by atoms with Crippen LogP contribution in [0.2, 0.25) is 0 Å². The average molecular weight is 432 g/mol. The maximum atomic E-state index is 12.7. The van der Waals surface area contributed by atoms with E-state index in [1.54, 1.807) is 0 Å². The van der Waals surface area contributed by atoms with Crippen molar-refractivity contribution in [3.05, 3.63) is 0 Å². The highest BCUT2D eigenvalue weighted by Crippen LogP contribution is 2.19. The summed E-state index contributed by atoms with van der Waals surface area (Å²) < 4.78 is 0. The molecule has 0 aliphatic carbocycles. The summed E-state index contributed by atoms with van der Waals surface area (Å²) >= 11 is 1.54. The normalized spacial score (nSPS) is 19.1. The summed E-state index contributed by atoms with van der Waals surface area (Å²) in [6.07, 6.45) is 2.63. The molecule has 1 aliphatic heterocycles. The molecule has 1 fully saturated rings. The van der Waals surface area contributed by atoms with E-state index in [1.165, 1.54) is 18.7 Å². The topological polar surface area (TPSA) is 185 Å². The third-order valence-electron chi connectivity index (χ3n) is 4.56. The molecule has 1 rings (SSSR count). The Morgan fingerprint density at radius 2 is 1.86 bits per heavy atom. The van der Waals surface area contributed by atoms with Crippen LogP contribution in [-0.4, -0.2) is 82.3 Å². The summed E-state index contributed by atoms with van der Waals surface area (Å²) in [5.41, 5.74) is 10.9. The molecule has 164 valence electrons. The van der Waals surface area contributed by atoms with Crippen molar-refractivity contribution >= 4 is 41.4 Å². The minimum atomic E-state index is -1.32. The van der Waals surface area contributed by atoms with E-state index in [4.69, 9.17) is 11.5 Å². The molecule has 0 bridgehead atoms. The summed E-state index contributed by atoms with van der Waals surface area (Å²) in [5.74, 6) is -3.21. The Balaban J connectivity index is 2.77. The maximum absolute atomic E-state index is 12.7. The lowest BCUT2D eigenvalue weighted by Crippen LogP contribution is -2.57. The van der Waals surface area contributed by atoms with Crippen molar-refractivity contribution in [3.63, 3.8) is 0 Å². The highest BCUT2D eigenvalue weighted by Gasteiger charge is 2.38. The van der Waals surface area contributed by atoms with Gasteiger partial charge in [-0.15, -0.1) is 0 Å². The van der Waals surface area contributed by atoms with E-state index in [2.05, 4.69) is 10.6 Å². The molecule has 4 atom stereocenters. The molecule has 4 amide bonds. The fourth-order valence-electron chi connectivity index (χ4n) is 2.95. The van der Waals surface area contributed by atoms with Gasteiger partial charge in [0, 0.05) is 6.54 Å². The second-order valence-electron chi connectivity index (χ2n) is 6.88. The van der Waals surface area contributed by atoms with E-state index in [9.17, 15) is 29.1 Å². The molecule has 4 unspecified atom stereocenters. The zero-order valence-electron chi connectivity index (χ0n) is 16.6. The number of likely N-dealkylation sites (tertiary alicyclic amines) is 1. The molecule has 12 heteroatoms. The molecule has 0 aromatic rings. The second-order valence-corrected chi connectivity index (χ2v) is 7.86. The van der Waals surface area contributed by atoms with Gasteiger partial charge in [0.15, 0.2) is 0 Å². The molecule has 1 heterocycles. The number of hydrogen-bond acceptors (Lipinski definition) is 7. The Labute approximate surface area is 173 Å². The lowest BCUT2D eigenvalue weighted by atomic mass is 10.1. The monoisotopic (exact) mass is 431 g/mol. The molecule has 1 aliphatic rings. The third-order valence-corrected chi connectivity index (χ3v) is 5.21. The van der Waals surface area contributed by atoms with E-state index in [0.717, 1.165) is 4.90 Å². The SMILES string of the molecule is CSCCC(N)C(=O)NC(C)C(=O)NC(CC(N)=O)C(=O)N1CCCC1C(=O)O. The van der Waals surface area contributed by atoms with Crippen LogP contribution in [0.4, 0.5) is 0 Å². The van der Waals surface area contributed by atoms with E-state index in [0.29, 0.717) is 25.0 Å². The van der Waals surface area contributed by atoms with Crippen LogP contribution in [-0.2, 0) is 24.0 Å². The van der Waals surface area contributed by atoms with Gasteiger partial charge in [0.25, 0.3) is 0 Å². The number of thioether (sulfide) groups is 1. The Hall–Kier alpha value is -2.34. The number of amides is 4. The minimum Gasteiger partial charge on any atom is -0.480 e. The van der Waals surface area contributed by atoms with Gasteiger partial charge in [-0.3, -0.25) is 19.2 Å². The molecule has 7 N–H and O–H groups in total. The maximum Gasteiger partial charge on any atom is 0.326 e. The molecule has 0 radical (unpaired) electrons. The standard InChI is InChI=1S/C17H29N5O6S/c1-9(20-15(25)10(18)5-7-29-2)14(24)21-11(8-13(19)23)16(26)22-6-3-4-12(22)17(27)28/h9-12H,3-8,18H2,1-2H3,(H2,19,23)(H,20,25)(H,21,24)(H,27,28). The van der Waals surface area contributed by atoms with E-state index >= 15 is 0 Å². The number of hydrogen-bond donors (Lipinski definition) is 5. The van der Waals surface area contributed by atoms with Crippen LogP contribution in [0.15, 0.2) is 0 Å². The molecule has 0 saturated carbocycles. The summed E-state index contributed by atoms with van der Waals surface area (Å²) in [4.78, 5) is 61.0. The van der Waals surface area contributed by atoms with Gasteiger partial charge in [0.05, 0.1) is 12.5 Å². The number of carbonyl (C=O) groups is 5. The Bertz CT molecular complexity index is 646. The first kappa shape index (κ1) is 24.7. The van der Waals surface area contributed by atoms with Crippen molar-refractivity contribution in [1.82, 2.24) is 15.5 Å². The Kier molecular flexibility index (Phi) is 9.89. The van der Waals surface area contributed by atoms with Crippen LogP contribution in [0.25, 0.3) is 0 Å². The molecule has 1 saturated heterocycles. The predicted octanol–water partition coefficient (Wildman–Crippen LogP) is -1.99. The first-order valence-corrected chi connectivity index (χ1v) is 10.6. The number of carboxylic acids is 1. The fraction of sp³-hybridized carbons (Fsp3) is 0.706. The van der Waals surface area contributed by atoms with Gasteiger partial charge in [-0.25, -0.2) is 4.79 Å². The van der Waals surface area contributed by atoms with Crippen molar-refractivity contribution in [2.75, 3.05) is 18.6 Å². The molecule has 0 aromatic carbocycles. The molecule has 11 nitrogen and oxygen atoms in total. The number of primary amides is 1. The van der Waals surface area contributed by atoms with Gasteiger partial charge in [-0.05, 0) is 38.2 Å². The zero-order chi connectivity index (χ0) is 22.1. The Morgan fingerprint density at radius 3 is 2.41 bits per heavy atom. The quantitative estimate of drug-likeness (QED) is 0.249. The minimum absolute atomic E-state index is 0.206. The first-order valence-electron chi connectivity index (χ1n) is 9.25. The van der Waals surface area contributed by atoms with E-state index in [1.807, 2.05) is 6.26 Å². The number of nitrogens with one attached hydrogen (secondary N) is 2. The summed E-state index contributed by atoms with van der Waals surface area (Å²) in [6.45, 7) is 1.62. The molecule has 29 heavy (non-hydrogen) atoms. The zero-order valence-corrected chi connectivity index (χ0v) is 17.4. The molecule has 0 aromatic heterocycles. The number of carbonyl (C=O) groups excluding carboxylic acids is 4. The largest absolute Gasteiger partial charge is 0.480 e.